The summed E-state index contributed by atoms with van der Waals surface area (Å²) >= 11 is 0. The molecule has 4 nitrogen and oxygen atoms in total. The van der Waals surface area contributed by atoms with Gasteiger partial charge in [0.1, 0.15) is 0 Å². The standard InChI is InChI=1S/C3H4O4.CH4/c4-2(5)1-3(6)7;/h1H2,(H,4,5)(H,6,7);1H4/p-1. The van der Waals surface area contributed by atoms with Crippen LogP contribution in [0.3, 0.4) is 0 Å². The summed E-state index contributed by atoms with van der Waals surface area (Å²) in [6.45, 7) is 0. The van der Waals surface area contributed by atoms with Gasteiger partial charge in [0.05, 0.1) is 12.4 Å². The van der Waals surface area contributed by atoms with Crippen LogP contribution in [0.4, 0.5) is 0 Å². The highest BCUT2D eigenvalue weighted by molar-refractivity contribution is 5.87. The molecular formula is C4H7O4-. The van der Waals surface area contributed by atoms with Gasteiger partial charge in [-0.2, -0.15) is 0 Å². The van der Waals surface area contributed by atoms with Crippen LogP contribution in [0.2, 0.25) is 0 Å². The molecule has 0 aliphatic rings. The first-order valence-electron chi connectivity index (χ1n) is 1.54. The van der Waals surface area contributed by atoms with E-state index in [0.717, 1.165) is 0 Å². The van der Waals surface area contributed by atoms with Gasteiger partial charge >= 0.3 is 5.97 Å². The normalized spacial score (nSPS) is 7.00. The van der Waals surface area contributed by atoms with Gasteiger partial charge in [-0.3, -0.25) is 4.79 Å². The van der Waals surface area contributed by atoms with Crippen molar-refractivity contribution >= 4 is 11.9 Å². The molecule has 0 aromatic rings. The Balaban J connectivity index is 0. The van der Waals surface area contributed by atoms with Crippen molar-refractivity contribution in [2.24, 2.45) is 0 Å². The molecule has 0 aliphatic carbocycles. The molecule has 0 aromatic heterocycles. The van der Waals surface area contributed by atoms with Gasteiger partial charge in [-0.15, -0.1) is 0 Å². The van der Waals surface area contributed by atoms with E-state index in [1.807, 2.05) is 0 Å². The van der Waals surface area contributed by atoms with Crippen molar-refractivity contribution < 1.29 is 19.8 Å². The minimum Gasteiger partial charge on any atom is -0.550 e. The Morgan fingerprint density at radius 3 is 1.88 bits per heavy atom. The first-order chi connectivity index (χ1) is 3.13. The van der Waals surface area contributed by atoms with E-state index in [-0.39, 0.29) is 7.43 Å². The van der Waals surface area contributed by atoms with E-state index >= 15 is 0 Å². The zero-order valence-corrected chi connectivity index (χ0v) is 3.38. The van der Waals surface area contributed by atoms with Crippen molar-refractivity contribution in [2.45, 2.75) is 13.8 Å². The minimum atomic E-state index is -1.56. The molecule has 0 aromatic carbocycles. The monoisotopic (exact) mass is 119 g/mol. The molecule has 0 saturated heterocycles. The average molecular weight is 119 g/mol. The first-order valence-corrected chi connectivity index (χ1v) is 1.54. The van der Waals surface area contributed by atoms with Gasteiger partial charge in [0, 0.05) is 0 Å². The Kier molecular flexibility index (Phi) is 5.15. The van der Waals surface area contributed by atoms with Gasteiger partial charge in [-0.05, 0) is 0 Å². The summed E-state index contributed by atoms with van der Waals surface area (Å²) < 4.78 is 0. The maximum atomic E-state index is 9.39. The summed E-state index contributed by atoms with van der Waals surface area (Å²) in [5.41, 5.74) is 0. The Labute approximate surface area is 46.8 Å². The minimum absolute atomic E-state index is 0. The van der Waals surface area contributed by atoms with Gasteiger partial charge in [0.15, 0.2) is 0 Å². The lowest BCUT2D eigenvalue weighted by atomic mass is 10.5. The molecule has 0 radical (unpaired) electrons. The lowest BCUT2D eigenvalue weighted by Gasteiger charge is -1.91. The third-order valence-electron chi connectivity index (χ3n) is 0.296. The summed E-state index contributed by atoms with van der Waals surface area (Å²) in [6, 6.07) is 0. The predicted octanol–water partition coefficient (Wildman–Crippen LogP) is -1.15. The summed E-state index contributed by atoms with van der Waals surface area (Å²) in [5.74, 6) is -2.94. The molecule has 0 bridgehead atoms. The second kappa shape index (κ2) is 4.11. The summed E-state index contributed by atoms with van der Waals surface area (Å²) in [6.07, 6.45) is -0.917. The third-order valence-corrected chi connectivity index (χ3v) is 0.296. The number of rotatable bonds is 2. The van der Waals surface area contributed by atoms with Gasteiger partial charge < -0.3 is 15.0 Å². The Bertz CT molecular complexity index is 84.2. The number of carboxylic acid groups (broad SMARTS) is 2. The van der Waals surface area contributed by atoms with Gasteiger partial charge in [0.25, 0.3) is 0 Å². The summed E-state index contributed by atoms with van der Waals surface area (Å²) in [4.78, 5) is 18.7. The highest BCUT2D eigenvalue weighted by Crippen LogP contribution is 1.70. The maximum absolute atomic E-state index is 9.39. The molecule has 0 saturated carbocycles. The second-order valence-corrected chi connectivity index (χ2v) is 0.943. The highest BCUT2D eigenvalue weighted by Gasteiger charge is 1.92. The number of hydrogen-bond donors (Lipinski definition) is 1. The molecule has 4 heteroatoms. The van der Waals surface area contributed by atoms with Crippen LogP contribution in [-0.4, -0.2) is 17.0 Å². The van der Waals surface area contributed by atoms with E-state index in [4.69, 9.17) is 5.11 Å². The van der Waals surface area contributed by atoms with Crippen LogP contribution in [0.15, 0.2) is 0 Å². The van der Waals surface area contributed by atoms with Crippen LogP contribution >= 0.6 is 0 Å². The van der Waals surface area contributed by atoms with E-state index in [0.29, 0.717) is 0 Å². The largest absolute Gasteiger partial charge is 0.550 e. The molecular weight excluding hydrogens is 112 g/mol. The number of hydrogen-bond acceptors (Lipinski definition) is 3. The Hall–Kier alpha value is -1.06. The van der Waals surface area contributed by atoms with E-state index in [2.05, 4.69) is 0 Å². The Morgan fingerprint density at radius 1 is 1.50 bits per heavy atom. The number of carboxylic acids is 2. The predicted molar refractivity (Wildman–Crippen MR) is 24.0 cm³/mol. The van der Waals surface area contributed by atoms with Crippen molar-refractivity contribution in [3.8, 4) is 0 Å². The highest BCUT2D eigenvalue weighted by atomic mass is 16.4. The molecule has 0 rings (SSSR count). The number of carbonyl (C=O) groups is 2. The van der Waals surface area contributed by atoms with E-state index in [9.17, 15) is 14.7 Å². The molecule has 0 atom stereocenters. The number of carbonyl (C=O) groups excluding carboxylic acids is 1. The lowest BCUT2D eigenvalue weighted by Crippen LogP contribution is -2.24. The lowest BCUT2D eigenvalue weighted by molar-refractivity contribution is -0.305. The average Bonchev–Trinajstić information content (AvgIpc) is 1.27. The maximum Gasteiger partial charge on any atom is 0.309 e. The van der Waals surface area contributed by atoms with Crippen LogP contribution in [0.5, 0.6) is 0 Å². The van der Waals surface area contributed by atoms with Crippen molar-refractivity contribution in [2.75, 3.05) is 0 Å². The second-order valence-electron chi connectivity index (χ2n) is 0.943. The fraction of sp³-hybridized carbons (Fsp3) is 0.500. The van der Waals surface area contributed by atoms with Crippen LogP contribution in [0, 0.1) is 0 Å². The zero-order chi connectivity index (χ0) is 5.86. The first kappa shape index (κ1) is 10.0. The van der Waals surface area contributed by atoms with Crippen molar-refractivity contribution in [1.29, 1.82) is 0 Å². The molecule has 0 aliphatic heterocycles. The van der Waals surface area contributed by atoms with Crippen LogP contribution in [0.25, 0.3) is 0 Å². The number of aliphatic carboxylic acids is 2. The molecule has 1 N–H and O–H groups in total. The van der Waals surface area contributed by atoms with Gasteiger partial charge in [0.2, 0.25) is 0 Å². The third kappa shape index (κ3) is 8.87. The molecule has 8 heavy (non-hydrogen) atoms. The van der Waals surface area contributed by atoms with E-state index in [1.165, 1.54) is 0 Å². The van der Waals surface area contributed by atoms with Crippen LogP contribution in [-0.2, 0) is 9.59 Å². The van der Waals surface area contributed by atoms with E-state index in [1.54, 1.807) is 0 Å². The Morgan fingerprint density at radius 2 is 1.88 bits per heavy atom. The topological polar surface area (TPSA) is 77.4 Å². The molecule has 0 unspecified atom stereocenters. The molecule has 48 valence electrons. The van der Waals surface area contributed by atoms with E-state index < -0.39 is 18.4 Å². The van der Waals surface area contributed by atoms with Crippen molar-refractivity contribution in [3.63, 3.8) is 0 Å². The fourth-order valence-corrected chi connectivity index (χ4v) is 0.123. The zero-order valence-electron chi connectivity index (χ0n) is 3.38. The molecule has 0 heterocycles. The fourth-order valence-electron chi connectivity index (χ4n) is 0.123. The summed E-state index contributed by atoms with van der Waals surface area (Å²) in [5, 5.41) is 17.0. The molecule has 0 spiro atoms. The van der Waals surface area contributed by atoms with Crippen LogP contribution in [0.1, 0.15) is 13.8 Å². The van der Waals surface area contributed by atoms with Crippen LogP contribution < -0.4 is 5.11 Å². The van der Waals surface area contributed by atoms with Gasteiger partial charge in [-0.25, -0.2) is 0 Å². The van der Waals surface area contributed by atoms with Crippen molar-refractivity contribution in [3.05, 3.63) is 0 Å². The molecule has 0 fully saturated rings. The summed E-state index contributed by atoms with van der Waals surface area (Å²) in [7, 11) is 0. The van der Waals surface area contributed by atoms with Gasteiger partial charge in [-0.1, -0.05) is 7.43 Å². The SMILES string of the molecule is C.O=C([O-])CC(=O)O. The smallest absolute Gasteiger partial charge is 0.309 e. The quantitative estimate of drug-likeness (QED) is 0.465. The molecule has 0 amide bonds. The van der Waals surface area contributed by atoms with Crippen molar-refractivity contribution in [1.82, 2.24) is 0 Å².